The van der Waals surface area contributed by atoms with E-state index in [1.807, 2.05) is 13.8 Å². The van der Waals surface area contributed by atoms with Gasteiger partial charge in [-0.15, -0.1) is 0 Å². The monoisotopic (exact) mass is 289 g/mol. The van der Waals surface area contributed by atoms with Gasteiger partial charge in [-0.25, -0.2) is 0 Å². The van der Waals surface area contributed by atoms with Gasteiger partial charge >= 0.3 is 0 Å². The zero-order chi connectivity index (χ0) is 13.9. The van der Waals surface area contributed by atoms with E-state index in [1.54, 1.807) is 4.31 Å². The zero-order valence-electron chi connectivity index (χ0n) is 12.1. The predicted molar refractivity (Wildman–Crippen MR) is 77.1 cm³/mol. The summed E-state index contributed by atoms with van der Waals surface area (Å²) in [6, 6.07) is 0.757. The molecular formula is C13H27N3O2S. The summed E-state index contributed by atoms with van der Waals surface area (Å²) in [7, 11) is -3.27. The molecular weight excluding hydrogens is 262 g/mol. The molecule has 2 aliphatic rings. The van der Waals surface area contributed by atoms with Crippen LogP contribution in [0.15, 0.2) is 0 Å². The van der Waals surface area contributed by atoms with Crippen LogP contribution in [-0.2, 0) is 10.2 Å². The third kappa shape index (κ3) is 4.70. The average Bonchev–Trinajstić information content (AvgIpc) is 3.20. The quantitative estimate of drug-likeness (QED) is 0.737. The van der Waals surface area contributed by atoms with Gasteiger partial charge in [-0.2, -0.15) is 17.4 Å². The van der Waals surface area contributed by atoms with Crippen molar-refractivity contribution in [2.75, 3.05) is 19.6 Å². The number of nitrogens with one attached hydrogen (secondary N) is 2. The Kier molecular flexibility index (Phi) is 5.22. The summed E-state index contributed by atoms with van der Waals surface area (Å²) in [6.45, 7) is 6.26. The van der Waals surface area contributed by atoms with Gasteiger partial charge in [-0.1, -0.05) is 6.92 Å². The summed E-state index contributed by atoms with van der Waals surface area (Å²) in [5, 5.41) is 3.54. The molecule has 0 aromatic heterocycles. The molecule has 0 amide bonds. The molecule has 2 N–H and O–H groups in total. The Bertz CT molecular complexity index is 373. The maximum atomic E-state index is 12.1. The molecule has 1 heterocycles. The van der Waals surface area contributed by atoms with Crippen LogP contribution in [0.4, 0.5) is 0 Å². The van der Waals surface area contributed by atoms with Gasteiger partial charge in [0, 0.05) is 25.2 Å². The van der Waals surface area contributed by atoms with Crippen LogP contribution in [0.1, 0.15) is 46.0 Å². The first-order valence-corrected chi connectivity index (χ1v) is 8.96. The minimum Gasteiger partial charge on any atom is -0.314 e. The maximum Gasteiger partial charge on any atom is 0.279 e. The molecule has 0 bridgehead atoms. The number of hydrogen-bond donors (Lipinski definition) is 2. The molecule has 1 atom stereocenters. The maximum absolute atomic E-state index is 12.1. The van der Waals surface area contributed by atoms with E-state index in [4.69, 9.17) is 0 Å². The Morgan fingerprint density at radius 3 is 2.37 bits per heavy atom. The third-order valence-electron chi connectivity index (χ3n) is 4.15. The largest absolute Gasteiger partial charge is 0.314 e. The van der Waals surface area contributed by atoms with Crippen molar-refractivity contribution >= 4 is 10.2 Å². The molecule has 19 heavy (non-hydrogen) atoms. The lowest BCUT2D eigenvalue weighted by atomic mass is 9.98. The molecule has 6 heteroatoms. The van der Waals surface area contributed by atoms with Crippen molar-refractivity contribution in [2.45, 2.75) is 58.0 Å². The minimum absolute atomic E-state index is 0.0132. The summed E-state index contributed by atoms with van der Waals surface area (Å²) in [5.41, 5.74) is 0. The molecule has 0 aromatic rings. The van der Waals surface area contributed by atoms with Gasteiger partial charge in [0.25, 0.3) is 10.2 Å². The summed E-state index contributed by atoms with van der Waals surface area (Å²) in [4.78, 5) is 0. The van der Waals surface area contributed by atoms with Crippen LogP contribution in [0, 0.1) is 5.92 Å². The Labute approximate surface area is 117 Å². The SMILES string of the molecule is CCC(C)NS(=O)(=O)N1CCC(CNC2CC2)CC1. The first-order valence-electron chi connectivity index (χ1n) is 7.52. The second kappa shape index (κ2) is 6.52. The van der Waals surface area contributed by atoms with E-state index >= 15 is 0 Å². The van der Waals surface area contributed by atoms with Crippen LogP contribution in [0.5, 0.6) is 0 Å². The lowest BCUT2D eigenvalue weighted by molar-refractivity contribution is 0.263. The second-order valence-electron chi connectivity index (χ2n) is 5.96. The highest BCUT2D eigenvalue weighted by Crippen LogP contribution is 2.22. The Morgan fingerprint density at radius 2 is 1.84 bits per heavy atom. The molecule has 0 spiro atoms. The lowest BCUT2D eigenvalue weighted by Crippen LogP contribution is -2.48. The Morgan fingerprint density at radius 1 is 1.21 bits per heavy atom. The first-order chi connectivity index (χ1) is 9.01. The topological polar surface area (TPSA) is 61.4 Å². The van der Waals surface area contributed by atoms with Crippen molar-refractivity contribution in [3.63, 3.8) is 0 Å². The summed E-state index contributed by atoms with van der Waals surface area (Å²) in [5.74, 6) is 0.635. The molecule has 1 saturated carbocycles. The van der Waals surface area contributed by atoms with Crippen molar-refractivity contribution in [1.29, 1.82) is 0 Å². The van der Waals surface area contributed by atoms with Crippen LogP contribution in [-0.4, -0.2) is 44.4 Å². The van der Waals surface area contributed by atoms with Crippen LogP contribution in [0.3, 0.4) is 0 Å². The van der Waals surface area contributed by atoms with Gasteiger partial charge in [0.2, 0.25) is 0 Å². The van der Waals surface area contributed by atoms with E-state index < -0.39 is 10.2 Å². The fraction of sp³-hybridized carbons (Fsp3) is 1.00. The second-order valence-corrected chi connectivity index (χ2v) is 7.66. The molecule has 112 valence electrons. The van der Waals surface area contributed by atoms with Gasteiger partial charge in [-0.3, -0.25) is 0 Å². The molecule has 1 unspecified atom stereocenters. The molecule has 1 aliphatic heterocycles. The van der Waals surface area contributed by atoms with E-state index in [-0.39, 0.29) is 6.04 Å². The summed E-state index contributed by atoms with van der Waals surface area (Å²) < 4.78 is 28.6. The average molecular weight is 289 g/mol. The molecule has 2 rings (SSSR count). The smallest absolute Gasteiger partial charge is 0.279 e. The van der Waals surface area contributed by atoms with Crippen molar-refractivity contribution in [1.82, 2.24) is 14.3 Å². The lowest BCUT2D eigenvalue weighted by Gasteiger charge is -2.32. The summed E-state index contributed by atoms with van der Waals surface area (Å²) in [6.07, 6.45) is 5.39. The Hall–Kier alpha value is -0.170. The van der Waals surface area contributed by atoms with Gasteiger partial charge < -0.3 is 5.32 Å². The van der Waals surface area contributed by atoms with Crippen molar-refractivity contribution in [2.24, 2.45) is 5.92 Å². The predicted octanol–water partition coefficient (Wildman–Crippen LogP) is 1.08. The van der Waals surface area contributed by atoms with Crippen LogP contribution in [0.25, 0.3) is 0 Å². The third-order valence-corrected chi connectivity index (χ3v) is 5.89. The highest BCUT2D eigenvalue weighted by Gasteiger charge is 2.29. The van der Waals surface area contributed by atoms with Crippen LogP contribution in [0.2, 0.25) is 0 Å². The molecule has 5 nitrogen and oxygen atoms in total. The molecule has 1 aliphatic carbocycles. The van der Waals surface area contributed by atoms with E-state index in [9.17, 15) is 8.42 Å². The van der Waals surface area contributed by atoms with Gasteiger partial charge in [0.15, 0.2) is 0 Å². The van der Waals surface area contributed by atoms with Crippen LogP contribution < -0.4 is 10.0 Å². The first kappa shape index (κ1) is 15.2. The molecule has 0 aromatic carbocycles. The van der Waals surface area contributed by atoms with Gasteiger partial charge in [0.05, 0.1) is 0 Å². The highest BCUT2D eigenvalue weighted by atomic mass is 32.2. The van der Waals surface area contributed by atoms with Gasteiger partial charge in [0.1, 0.15) is 0 Å². The fourth-order valence-corrected chi connectivity index (χ4v) is 3.90. The van der Waals surface area contributed by atoms with Crippen molar-refractivity contribution in [3.8, 4) is 0 Å². The normalized spacial score (nSPS) is 24.5. The van der Waals surface area contributed by atoms with Crippen molar-refractivity contribution < 1.29 is 8.42 Å². The Balaban J connectivity index is 1.74. The zero-order valence-corrected chi connectivity index (χ0v) is 12.9. The standard InChI is InChI=1S/C13H27N3O2S/c1-3-11(2)15-19(17,18)16-8-6-12(7-9-16)10-14-13-4-5-13/h11-15H,3-10H2,1-2H3. The molecule has 1 saturated heterocycles. The number of rotatable bonds is 7. The van der Waals surface area contributed by atoms with E-state index in [2.05, 4.69) is 10.0 Å². The van der Waals surface area contributed by atoms with E-state index in [0.29, 0.717) is 19.0 Å². The van der Waals surface area contributed by atoms with E-state index in [1.165, 1.54) is 12.8 Å². The number of hydrogen-bond acceptors (Lipinski definition) is 3. The number of piperidine rings is 1. The fourth-order valence-electron chi connectivity index (χ4n) is 2.39. The van der Waals surface area contributed by atoms with Gasteiger partial charge in [-0.05, 0) is 51.5 Å². The molecule has 0 radical (unpaired) electrons. The molecule has 2 fully saturated rings. The highest BCUT2D eigenvalue weighted by molar-refractivity contribution is 7.87. The minimum atomic E-state index is -3.27. The van der Waals surface area contributed by atoms with E-state index in [0.717, 1.165) is 31.8 Å². The van der Waals surface area contributed by atoms with Crippen LogP contribution >= 0.6 is 0 Å². The summed E-state index contributed by atoms with van der Waals surface area (Å²) >= 11 is 0. The van der Waals surface area contributed by atoms with Crippen molar-refractivity contribution in [3.05, 3.63) is 0 Å². The number of nitrogens with zero attached hydrogens (tertiary/aromatic N) is 1.